The molecule has 0 bridgehead atoms. The van der Waals surface area contributed by atoms with Gasteiger partial charge in [-0.25, -0.2) is 0 Å². The van der Waals surface area contributed by atoms with Crippen molar-refractivity contribution in [1.82, 2.24) is 5.32 Å². The molecule has 0 radical (unpaired) electrons. The van der Waals surface area contributed by atoms with Gasteiger partial charge in [-0.05, 0) is 24.6 Å². The van der Waals surface area contributed by atoms with Gasteiger partial charge in [0, 0.05) is 18.7 Å². The van der Waals surface area contributed by atoms with Crippen molar-refractivity contribution < 1.29 is 14.3 Å². The minimum absolute atomic E-state index is 0.155. The van der Waals surface area contributed by atoms with E-state index in [1.165, 1.54) is 7.11 Å². The normalized spacial score (nSPS) is 10.2. The van der Waals surface area contributed by atoms with Crippen molar-refractivity contribution in [2.24, 2.45) is 0 Å². The van der Waals surface area contributed by atoms with Crippen molar-refractivity contribution in [2.45, 2.75) is 19.8 Å². The molecule has 0 saturated carbocycles. The number of nitrogens with one attached hydrogen (secondary N) is 1. The molecule has 1 rings (SSSR count). The SMILES string of the molecule is CCCCOCCNC(=O)c1ccc(N)c(OC)c1. The number of methoxy groups -OCH3 is 1. The van der Waals surface area contributed by atoms with Crippen molar-refractivity contribution in [3.05, 3.63) is 23.8 Å². The summed E-state index contributed by atoms with van der Waals surface area (Å²) in [6.45, 7) is 3.87. The van der Waals surface area contributed by atoms with Gasteiger partial charge in [0.05, 0.1) is 19.4 Å². The van der Waals surface area contributed by atoms with Crippen LogP contribution in [0.3, 0.4) is 0 Å². The van der Waals surface area contributed by atoms with Crippen molar-refractivity contribution in [2.75, 3.05) is 32.6 Å². The quantitative estimate of drug-likeness (QED) is 0.556. The summed E-state index contributed by atoms with van der Waals surface area (Å²) in [7, 11) is 1.52. The number of carbonyl (C=O) groups excluding carboxylic acids is 1. The Kier molecular flexibility index (Phi) is 6.74. The molecule has 0 heterocycles. The highest BCUT2D eigenvalue weighted by molar-refractivity contribution is 5.95. The monoisotopic (exact) mass is 266 g/mol. The van der Waals surface area contributed by atoms with Gasteiger partial charge >= 0.3 is 0 Å². The van der Waals surface area contributed by atoms with Crippen LogP contribution in [0.4, 0.5) is 5.69 Å². The Hall–Kier alpha value is -1.75. The number of nitrogen functional groups attached to an aromatic ring is 1. The Bertz CT molecular complexity index is 408. The van der Waals surface area contributed by atoms with E-state index >= 15 is 0 Å². The number of amides is 1. The fourth-order valence-electron chi connectivity index (χ4n) is 1.54. The first-order valence-corrected chi connectivity index (χ1v) is 6.48. The van der Waals surface area contributed by atoms with Crippen LogP contribution in [0.2, 0.25) is 0 Å². The van der Waals surface area contributed by atoms with Crippen LogP contribution >= 0.6 is 0 Å². The highest BCUT2D eigenvalue weighted by Crippen LogP contribution is 2.21. The molecule has 5 heteroatoms. The molecular formula is C14H22N2O3. The van der Waals surface area contributed by atoms with E-state index < -0.39 is 0 Å². The summed E-state index contributed by atoms with van der Waals surface area (Å²) in [5.74, 6) is 0.351. The molecule has 0 atom stereocenters. The maximum Gasteiger partial charge on any atom is 0.251 e. The molecule has 5 nitrogen and oxygen atoms in total. The molecule has 0 aliphatic carbocycles. The van der Waals surface area contributed by atoms with Gasteiger partial charge in [-0.15, -0.1) is 0 Å². The lowest BCUT2D eigenvalue weighted by atomic mass is 10.2. The molecule has 0 saturated heterocycles. The molecule has 0 unspecified atom stereocenters. The summed E-state index contributed by atoms with van der Waals surface area (Å²) in [6, 6.07) is 4.96. The lowest BCUT2D eigenvalue weighted by Crippen LogP contribution is -2.27. The van der Waals surface area contributed by atoms with Gasteiger partial charge in [0.15, 0.2) is 0 Å². The molecule has 0 aliphatic rings. The molecule has 0 aliphatic heterocycles. The van der Waals surface area contributed by atoms with Crippen molar-refractivity contribution in [3.63, 3.8) is 0 Å². The summed E-state index contributed by atoms with van der Waals surface area (Å²) in [6.07, 6.45) is 2.15. The molecule has 1 aromatic rings. The standard InChI is InChI=1S/C14H22N2O3/c1-3-4-8-19-9-7-16-14(17)11-5-6-12(15)13(10-11)18-2/h5-6,10H,3-4,7-9,15H2,1-2H3,(H,16,17). The number of unbranched alkanes of at least 4 members (excludes halogenated alkanes) is 1. The van der Waals surface area contributed by atoms with E-state index in [2.05, 4.69) is 12.2 Å². The van der Waals surface area contributed by atoms with Gasteiger partial charge in [-0.2, -0.15) is 0 Å². The molecule has 0 fully saturated rings. The smallest absolute Gasteiger partial charge is 0.251 e. The third-order valence-corrected chi connectivity index (χ3v) is 2.67. The van der Waals surface area contributed by atoms with E-state index in [4.69, 9.17) is 15.2 Å². The number of carbonyl (C=O) groups is 1. The molecule has 0 aromatic heterocycles. The van der Waals surface area contributed by atoms with Crippen molar-refractivity contribution >= 4 is 11.6 Å². The number of anilines is 1. The van der Waals surface area contributed by atoms with Gasteiger partial charge in [0.2, 0.25) is 0 Å². The second kappa shape index (κ2) is 8.37. The molecule has 3 N–H and O–H groups in total. The zero-order valence-electron chi connectivity index (χ0n) is 11.6. The first-order valence-electron chi connectivity index (χ1n) is 6.48. The van der Waals surface area contributed by atoms with Crippen molar-refractivity contribution in [3.8, 4) is 5.75 Å². The molecule has 19 heavy (non-hydrogen) atoms. The van der Waals surface area contributed by atoms with Gasteiger partial charge < -0.3 is 20.5 Å². The summed E-state index contributed by atoms with van der Waals surface area (Å²) in [5, 5.41) is 2.79. The molecule has 0 spiro atoms. The van der Waals surface area contributed by atoms with Crippen LogP contribution < -0.4 is 15.8 Å². The minimum Gasteiger partial charge on any atom is -0.495 e. The molecular weight excluding hydrogens is 244 g/mol. The molecule has 106 valence electrons. The Morgan fingerprint density at radius 1 is 1.37 bits per heavy atom. The summed E-state index contributed by atoms with van der Waals surface area (Å²) < 4.78 is 10.4. The predicted molar refractivity (Wildman–Crippen MR) is 75.5 cm³/mol. The summed E-state index contributed by atoms with van der Waals surface area (Å²) in [4.78, 5) is 11.8. The van der Waals surface area contributed by atoms with Crippen LogP contribution in [-0.2, 0) is 4.74 Å². The number of hydrogen-bond donors (Lipinski definition) is 2. The van der Waals surface area contributed by atoms with E-state index in [0.29, 0.717) is 30.2 Å². The fourth-order valence-corrected chi connectivity index (χ4v) is 1.54. The summed E-state index contributed by atoms with van der Waals surface area (Å²) in [5.41, 5.74) is 6.73. The maximum atomic E-state index is 11.8. The maximum absolute atomic E-state index is 11.8. The number of ether oxygens (including phenoxy) is 2. The van der Waals surface area contributed by atoms with Crippen LogP contribution in [0.15, 0.2) is 18.2 Å². The van der Waals surface area contributed by atoms with Crippen LogP contribution in [0, 0.1) is 0 Å². The third kappa shape index (κ3) is 5.18. The predicted octanol–water partition coefficient (Wildman–Crippen LogP) is 1.82. The molecule has 1 amide bonds. The van der Waals surface area contributed by atoms with Gasteiger partial charge in [-0.1, -0.05) is 13.3 Å². The van der Waals surface area contributed by atoms with E-state index in [0.717, 1.165) is 19.4 Å². The minimum atomic E-state index is -0.155. The Morgan fingerprint density at radius 3 is 2.84 bits per heavy atom. The topological polar surface area (TPSA) is 73.6 Å². The largest absolute Gasteiger partial charge is 0.495 e. The average molecular weight is 266 g/mol. The van der Waals surface area contributed by atoms with E-state index in [1.54, 1.807) is 18.2 Å². The first kappa shape index (κ1) is 15.3. The van der Waals surface area contributed by atoms with E-state index in [9.17, 15) is 4.79 Å². The van der Waals surface area contributed by atoms with Crippen LogP contribution in [-0.4, -0.2) is 32.8 Å². The Labute approximate surface area is 114 Å². The zero-order chi connectivity index (χ0) is 14.1. The molecule has 1 aromatic carbocycles. The lowest BCUT2D eigenvalue weighted by Gasteiger charge is -2.08. The first-order chi connectivity index (χ1) is 9.19. The lowest BCUT2D eigenvalue weighted by molar-refractivity contribution is 0.0912. The van der Waals surface area contributed by atoms with Crippen molar-refractivity contribution in [1.29, 1.82) is 0 Å². The van der Waals surface area contributed by atoms with Crippen LogP contribution in [0.1, 0.15) is 30.1 Å². The number of rotatable bonds is 8. The Morgan fingerprint density at radius 2 is 2.16 bits per heavy atom. The second-order valence-corrected chi connectivity index (χ2v) is 4.18. The second-order valence-electron chi connectivity index (χ2n) is 4.18. The summed E-state index contributed by atoms with van der Waals surface area (Å²) >= 11 is 0. The van der Waals surface area contributed by atoms with Gasteiger partial charge in [0.1, 0.15) is 5.75 Å². The van der Waals surface area contributed by atoms with E-state index in [1.807, 2.05) is 0 Å². The average Bonchev–Trinajstić information content (AvgIpc) is 2.43. The Balaban J connectivity index is 2.37. The third-order valence-electron chi connectivity index (χ3n) is 2.67. The number of hydrogen-bond acceptors (Lipinski definition) is 4. The zero-order valence-corrected chi connectivity index (χ0v) is 11.6. The number of benzene rings is 1. The highest BCUT2D eigenvalue weighted by Gasteiger charge is 2.08. The fraction of sp³-hybridized carbons (Fsp3) is 0.500. The van der Waals surface area contributed by atoms with Gasteiger partial charge in [0.25, 0.3) is 5.91 Å². The van der Waals surface area contributed by atoms with Gasteiger partial charge in [-0.3, -0.25) is 4.79 Å². The highest BCUT2D eigenvalue weighted by atomic mass is 16.5. The van der Waals surface area contributed by atoms with E-state index in [-0.39, 0.29) is 5.91 Å². The number of nitrogens with two attached hydrogens (primary N) is 1. The van der Waals surface area contributed by atoms with Crippen LogP contribution in [0.5, 0.6) is 5.75 Å². The van der Waals surface area contributed by atoms with Crippen LogP contribution in [0.25, 0.3) is 0 Å².